The summed E-state index contributed by atoms with van der Waals surface area (Å²) < 4.78 is 38.9. The fraction of sp³-hybridized carbons (Fsp3) is 0.278. The van der Waals surface area contributed by atoms with Gasteiger partial charge in [-0.25, -0.2) is 17.9 Å². The molecule has 1 aliphatic rings. The van der Waals surface area contributed by atoms with E-state index in [0.29, 0.717) is 0 Å². The molecule has 0 radical (unpaired) electrons. The Kier molecular flexibility index (Phi) is 5.64. The zero-order valence-electron chi connectivity index (χ0n) is 14.1. The minimum absolute atomic E-state index is 0.0446. The predicted octanol–water partition coefficient (Wildman–Crippen LogP) is 3.26. The molecule has 8 heteroatoms. The third-order valence-electron chi connectivity index (χ3n) is 3.85. The number of carbonyl (C=O) groups is 1. The van der Waals surface area contributed by atoms with Crippen LogP contribution in [0.4, 0.5) is 0 Å². The highest BCUT2D eigenvalue weighted by Crippen LogP contribution is 2.28. The lowest BCUT2D eigenvalue weighted by Gasteiger charge is -2.12. The summed E-state index contributed by atoms with van der Waals surface area (Å²) in [5.74, 6) is -0.419. The largest absolute Gasteiger partial charge is 0.495 e. The first kappa shape index (κ1) is 18.9. The van der Waals surface area contributed by atoms with Gasteiger partial charge >= 0.3 is 5.97 Å². The SMILES string of the molecule is COc1ccc(C(=O)OCc2cccc(Br)c2)cc1S(=O)(=O)NC1CC1. The molecule has 2 aromatic rings. The van der Waals surface area contributed by atoms with Gasteiger partial charge in [-0.05, 0) is 48.7 Å². The Labute approximate surface area is 160 Å². The van der Waals surface area contributed by atoms with Crippen LogP contribution in [-0.2, 0) is 21.4 Å². The van der Waals surface area contributed by atoms with E-state index in [1.807, 2.05) is 24.3 Å². The van der Waals surface area contributed by atoms with E-state index in [1.165, 1.54) is 25.3 Å². The van der Waals surface area contributed by atoms with Gasteiger partial charge in [-0.15, -0.1) is 0 Å². The molecule has 26 heavy (non-hydrogen) atoms. The summed E-state index contributed by atoms with van der Waals surface area (Å²) in [4.78, 5) is 12.3. The van der Waals surface area contributed by atoms with Crippen LogP contribution in [0.25, 0.3) is 0 Å². The maximum Gasteiger partial charge on any atom is 0.338 e. The van der Waals surface area contributed by atoms with Crippen molar-refractivity contribution >= 4 is 31.9 Å². The summed E-state index contributed by atoms with van der Waals surface area (Å²) in [6.07, 6.45) is 1.63. The van der Waals surface area contributed by atoms with Crippen molar-refractivity contribution in [2.75, 3.05) is 7.11 Å². The van der Waals surface area contributed by atoms with Crippen LogP contribution >= 0.6 is 15.9 Å². The van der Waals surface area contributed by atoms with Crippen LogP contribution in [0.3, 0.4) is 0 Å². The molecule has 0 amide bonds. The maximum absolute atomic E-state index is 12.5. The van der Waals surface area contributed by atoms with Crippen molar-refractivity contribution in [2.24, 2.45) is 0 Å². The van der Waals surface area contributed by atoms with E-state index in [2.05, 4.69) is 20.7 Å². The molecule has 0 spiro atoms. The van der Waals surface area contributed by atoms with Crippen molar-refractivity contribution in [3.05, 3.63) is 58.1 Å². The van der Waals surface area contributed by atoms with E-state index in [1.54, 1.807) is 0 Å². The van der Waals surface area contributed by atoms with Crippen LogP contribution in [0.15, 0.2) is 51.8 Å². The number of halogens is 1. The fourth-order valence-corrected chi connectivity index (χ4v) is 4.30. The van der Waals surface area contributed by atoms with Gasteiger partial charge in [0.05, 0.1) is 12.7 Å². The molecule has 2 aromatic carbocycles. The number of sulfonamides is 1. The normalized spacial score (nSPS) is 14.1. The van der Waals surface area contributed by atoms with Crippen LogP contribution in [0.5, 0.6) is 5.75 Å². The van der Waals surface area contributed by atoms with Crippen LogP contribution in [0, 0.1) is 0 Å². The monoisotopic (exact) mass is 439 g/mol. The number of benzene rings is 2. The lowest BCUT2D eigenvalue weighted by molar-refractivity contribution is 0.0472. The third-order valence-corrected chi connectivity index (χ3v) is 5.88. The number of hydrogen-bond donors (Lipinski definition) is 1. The zero-order valence-corrected chi connectivity index (χ0v) is 16.5. The van der Waals surface area contributed by atoms with Gasteiger partial charge in [0.25, 0.3) is 0 Å². The number of hydrogen-bond acceptors (Lipinski definition) is 5. The topological polar surface area (TPSA) is 81.7 Å². The molecule has 0 atom stereocenters. The molecule has 1 N–H and O–H groups in total. The Balaban J connectivity index is 1.79. The van der Waals surface area contributed by atoms with Gasteiger partial charge < -0.3 is 9.47 Å². The van der Waals surface area contributed by atoms with Crippen molar-refractivity contribution in [2.45, 2.75) is 30.4 Å². The molecule has 1 aliphatic carbocycles. The van der Waals surface area contributed by atoms with Gasteiger partial charge in [0.15, 0.2) is 0 Å². The smallest absolute Gasteiger partial charge is 0.338 e. The van der Waals surface area contributed by atoms with E-state index in [9.17, 15) is 13.2 Å². The second-order valence-corrected chi connectivity index (χ2v) is 8.57. The van der Waals surface area contributed by atoms with Crippen LogP contribution in [0.1, 0.15) is 28.8 Å². The number of nitrogens with one attached hydrogen (secondary N) is 1. The summed E-state index contributed by atoms with van der Waals surface area (Å²) >= 11 is 3.36. The van der Waals surface area contributed by atoms with Crippen LogP contribution in [-0.4, -0.2) is 27.5 Å². The van der Waals surface area contributed by atoms with E-state index in [-0.39, 0.29) is 28.9 Å². The average molecular weight is 440 g/mol. The molecule has 0 saturated heterocycles. The first-order chi connectivity index (χ1) is 12.4. The van der Waals surface area contributed by atoms with Gasteiger partial charge in [0.2, 0.25) is 10.0 Å². The minimum atomic E-state index is -3.76. The molecule has 0 bridgehead atoms. The van der Waals surface area contributed by atoms with E-state index in [0.717, 1.165) is 22.9 Å². The Morgan fingerprint density at radius 2 is 2.00 bits per heavy atom. The first-order valence-electron chi connectivity index (χ1n) is 8.01. The molecule has 0 unspecified atom stereocenters. The predicted molar refractivity (Wildman–Crippen MR) is 99.6 cm³/mol. The molecule has 0 aliphatic heterocycles. The number of methoxy groups -OCH3 is 1. The van der Waals surface area contributed by atoms with E-state index in [4.69, 9.17) is 9.47 Å². The van der Waals surface area contributed by atoms with Gasteiger partial charge in [-0.1, -0.05) is 28.1 Å². The van der Waals surface area contributed by atoms with Gasteiger partial charge in [0.1, 0.15) is 17.3 Å². The summed E-state index contributed by atoms with van der Waals surface area (Å²) in [5.41, 5.74) is 0.974. The average Bonchev–Trinajstić information content (AvgIpc) is 3.42. The Hall–Kier alpha value is -1.90. The summed E-state index contributed by atoms with van der Waals surface area (Å²) in [6.45, 7) is 0.0900. The minimum Gasteiger partial charge on any atom is -0.495 e. The molecular formula is C18H18BrNO5S. The molecule has 1 saturated carbocycles. The lowest BCUT2D eigenvalue weighted by Crippen LogP contribution is -2.26. The number of esters is 1. The van der Waals surface area contributed by atoms with Crippen molar-refractivity contribution in [1.82, 2.24) is 4.72 Å². The highest BCUT2D eigenvalue weighted by Gasteiger charge is 2.30. The van der Waals surface area contributed by atoms with Crippen molar-refractivity contribution in [3.8, 4) is 5.75 Å². The summed E-state index contributed by atoms with van der Waals surface area (Å²) in [6, 6.07) is 11.6. The van der Waals surface area contributed by atoms with Crippen molar-refractivity contribution < 1.29 is 22.7 Å². The third kappa shape index (κ3) is 4.63. The van der Waals surface area contributed by atoms with Gasteiger partial charge in [-0.3, -0.25) is 0 Å². The molecule has 0 heterocycles. The number of ether oxygens (including phenoxy) is 2. The highest BCUT2D eigenvalue weighted by atomic mass is 79.9. The van der Waals surface area contributed by atoms with Crippen molar-refractivity contribution in [3.63, 3.8) is 0 Å². The number of carbonyl (C=O) groups excluding carboxylic acids is 1. The number of rotatable bonds is 7. The molecule has 138 valence electrons. The molecule has 0 aromatic heterocycles. The molecule has 6 nitrogen and oxygen atoms in total. The van der Waals surface area contributed by atoms with Crippen molar-refractivity contribution in [1.29, 1.82) is 0 Å². The van der Waals surface area contributed by atoms with E-state index >= 15 is 0 Å². The van der Waals surface area contributed by atoms with Gasteiger partial charge in [0, 0.05) is 10.5 Å². The quantitative estimate of drug-likeness (QED) is 0.669. The fourth-order valence-electron chi connectivity index (χ4n) is 2.36. The second kappa shape index (κ2) is 7.77. The molecular weight excluding hydrogens is 422 g/mol. The standard InChI is InChI=1S/C18H18BrNO5S/c1-24-16-8-5-13(10-17(16)26(22,23)20-15-6-7-15)18(21)25-11-12-3-2-4-14(19)9-12/h2-5,8-10,15,20H,6-7,11H2,1H3. The summed E-state index contributed by atoms with van der Waals surface area (Å²) in [7, 11) is -2.37. The Bertz CT molecular complexity index is 925. The highest BCUT2D eigenvalue weighted by molar-refractivity contribution is 9.10. The van der Waals surface area contributed by atoms with Crippen LogP contribution < -0.4 is 9.46 Å². The lowest BCUT2D eigenvalue weighted by atomic mass is 10.2. The van der Waals surface area contributed by atoms with Gasteiger partial charge in [-0.2, -0.15) is 0 Å². The zero-order chi connectivity index (χ0) is 18.7. The maximum atomic E-state index is 12.5. The summed E-state index contributed by atoms with van der Waals surface area (Å²) in [5, 5.41) is 0. The molecule has 3 rings (SSSR count). The van der Waals surface area contributed by atoms with Crippen LogP contribution in [0.2, 0.25) is 0 Å². The second-order valence-electron chi connectivity index (χ2n) is 5.97. The van der Waals surface area contributed by atoms with E-state index < -0.39 is 16.0 Å². The first-order valence-corrected chi connectivity index (χ1v) is 10.3. The Morgan fingerprint density at radius 1 is 1.23 bits per heavy atom. The Morgan fingerprint density at radius 3 is 2.65 bits per heavy atom. The molecule has 1 fully saturated rings.